The number of carbonyl (C=O) groups is 3. The molecule has 1 aliphatic heterocycles. The Labute approximate surface area is 143 Å². The molecule has 25 heavy (non-hydrogen) atoms. The highest BCUT2D eigenvalue weighted by atomic mass is 32.2. The molecule has 9 heteroatoms. The highest BCUT2D eigenvalue weighted by molar-refractivity contribution is 7.89. The Morgan fingerprint density at radius 2 is 1.60 bits per heavy atom. The smallest absolute Gasteiger partial charge is 0.266 e. The van der Waals surface area contributed by atoms with Gasteiger partial charge in [0.2, 0.25) is 0 Å². The zero-order valence-corrected chi connectivity index (χ0v) is 13.8. The molecule has 0 atom stereocenters. The van der Waals surface area contributed by atoms with Gasteiger partial charge in [-0.3, -0.25) is 25.1 Å². The monoisotopic (exact) mass is 359 g/mol. The molecule has 0 radical (unpaired) electrons. The van der Waals surface area contributed by atoms with Crippen LogP contribution in [0.15, 0.2) is 47.4 Å². The molecule has 0 aromatic heterocycles. The summed E-state index contributed by atoms with van der Waals surface area (Å²) in [5.74, 6) is -1.87. The number of hydrogen-bond acceptors (Lipinski definition) is 5. The highest BCUT2D eigenvalue weighted by Crippen LogP contribution is 2.20. The predicted octanol–water partition coefficient (Wildman–Crippen LogP) is 0.502. The summed E-state index contributed by atoms with van der Waals surface area (Å²) < 4.78 is 24.5. The molecular weight excluding hydrogens is 346 g/mol. The largest absolute Gasteiger partial charge is 0.288 e. The Hall–Kier alpha value is -3.04. The fraction of sp³-hybridized carbons (Fsp3) is 0.0625. The number of nitrogens with one attached hydrogen (secondary N) is 3. The SMILES string of the molecule is Cc1ccc(C(=O)NNS(=O)(=O)c2ccc3c(c2)C(=O)NC3=O)cc1. The van der Waals surface area contributed by atoms with E-state index in [0.717, 1.165) is 11.6 Å². The van der Waals surface area contributed by atoms with Crippen molar-refractivity contribution in [1.82, 2.24) is 15.6 Å². The fourth-order valence-electron chi connectivity index (χ4n) is 2.26. The number of sulfonamides is 1. The van der Waals surface area contributed by atoms with Crippen molar-refractivity contribution in [2.75, 3.05) is 0 Å². The van der Waals surface area contributed by atoms with E-state index < -0.39 is 27.7 Å². The summed E-state index contributed by atoms with van der Waals surface area (Å²) in [5.41, 5.74) is 3.42. The third-order valence-corrected chi connectivity index (χ3v) is 4.88. The van der Waals surface area contributed by atoms with Crippen LogP contribution in [0.25, 0.3) is 0 Å². The average molecular weight is 359 g/mol. The van der Waals surface area contributed by atoms with Crippen LogP contribution in [0.4, 0.5) is 0 Å². The lowest BCUT2D eigenvalue weighted by Crippen LogP contribution is -2.41. The van der Waals surface area contributed by atoms with Gasteiger partial charge in [-0.05, 0) is 37.3 Å². The van der Waals surface area contributed by atoms with Crippen molar-refractivity contribution in [3.05, 3.63) is 64.7 Å². The molecule has 2 aromatic rings. The van der Waals surface area contributed by atoms with Crippen LogP contribution in [-0.2, 0) is 10.0 Å². The van der Waals surface area contributed by atoms with Gasteiger partial charge < -0.3 is 0 Å². The van der Waals surface area contributed by atoms with Gasteiger partial charge in [0.05, 0.1) is 16.0 Å². The summed E-state index contributed by atoms with van der Waals surface area (Å²) >= 11 is 0. The number of rotatable bonds is 4. The van der Waals surface area contributed by atoms with Crippen LogP contribution in [0.5, 0.6) is 0 Å². The van der Waals surface area contributed by atoms with Gasteiger partial charge in [0.15, 0.2) is 0 Å². The van der Waals surface area contributed by atoms with Gasteiger partial charge in [0.1, 0.15) is 0 Å². The molecule has 1 heterocycles. The molecule has 0 bridgehead atoms. The predicted molar refractivity (Wildman–Crippen MR) is 87.2 cm³/mol. The number of fused-ring (bicyclic) bond motifs is 1. The molecule has 0 saturated heterocycles. The van der Waals surface area contributed by atoms with E-state index in [1.54, 1.807) is 24.3 Å². The van der Waals surface area contributed by atoms with Gasteiger partial charge in [0.25, 0.3) is 27.7 Å². The number of hydrogen-bond donors (Lipinski definition) is 3. The van der Waals surface area contributed by atoms with Crippen molar-refractivity contribution in [2.24, 2.45) is 0 Å². The second-order valence-electron chi connectivity index (χ2n) is 5.42. The van der Waals surface area contributed by atoms with Crippen molar-refractivity contribution in [2.45, 2.75) is 11.8 Å². The molecule has 3 N–H and O–H groups in total. The van der Waals surface area contributed by atoms with E-state index in [9.17, 15) is 22.8 Å². The van der Waals surface area contributed by atoms with Crippen molar-refractivity contribution < 1.29 is 22.8 Å². The van der Waals surface area contributed by atoms with E-state index in [1.807, 2.05) is 11.8 Å². The first-order chi connectivity index (χ1) is 11.8. The van der Waals surface area contributed by atoms with Gasteiger partial charge in [-0.15, -0.1) is 4.83 Å². The Bertz CT molecular complexity index is 997. The fourth-order valence-corrected chi connectivity index (χ4v) is 3.13. The Morgan fingerprint density at radius 3 is 2.28 bits per heavy atom. The molecule has 0 saturated carbocycles. The van der Waals surface area contributed by atoms with Crippen molar-refractivity contribution in [3.8, 4) is 0 Å². The molecule has 128 valence electrons. The van der Waals surface area contributed by atoms with E-state index in [4.69, 9.17) is 0 Å². The lowest BCUT2D eigenvalue weighted by molar-refractivity contribution is 0.0877. The van der Waals surface area contributed by atoms with Crippen molar-refractivity contribution in [3.63, 3.8) is 0 Å². The van der Waals surface area contributed by atoms with Gasteiger partial charge in [-0.1, -0.05) is 17.7 Å². The quantitative estimate of drug-likeness (QED) is 0.542. The minimum atomic E-state index is -4.11. The first kappa shape index (κ1) is 16.8. The second kappa shape index (κ2) is 6.11. The molecule has 3 amide bonds. The minimum absolute atomic E-state index is 0.0299. The summed E-state index contributed by atoms with van der Waals surface area (Å²) in [4.78, 5) is 36.8. The maximum Gasteiger partial charge on any atom is 0.266 e. The maximum absolute atomic E-state index is 12.3. The number of amides is 3. The third kappa shape index (κ3) is 3.28. The molecule has 3 rings (SSSR count). The third-order valence-electron chi connectivity index (χ3n) is 3.63. The lowest BCUT2D eigenvalue weighted by atomic mass is 10.1. The summed E-state index contributed by atoms with van der Waals surface area (Å²) in [6.45, 7) is 1.86. The Kier molecular flexibility index (Phi) is 4.11. The van der Waals surface area contributed by atoms with Crippen LogP contribution in [-0.4, -0.2) is 26.1 Å². The van der Waals surface area contributed by atoms with E-state index in [-0.39, 0.29) is 21.6 Å². The summed E-state index contributed by atoms with van der Waals surface area (Å²) in [5, 5.41) is 2.07. The van der Waals surface area contributed by atoms with Crippen LogP contribution in [0, 0.1) is 6.92 Å². The number of imide groups is 1. The first-order valence-corrected chi connectivity index (χ1v) is 8.65. The Morgan fingerprint density at radius 1 is 0.960 bits per heavy atom. The van der Waals surface area contributed by atoms with Gasteiger partial charge in [-0.25, -0.2) is 8.42 Å². The van der Waals surface area contributed by atoms with Crippen LogP contribution in [0.1, 0.15) is 36.6 Å². The molecule has 1 aliphatic rings. The van der Waals surface area contributed by atoms with Crippen molar-refractivity contribution >= 4 is 27.7 Å². The minimum Gasteiger partial charge on any atom is -0.288 e. The van der Waals surface area contributed by atoms with E-state index >= 15 is 0 Å². The summed E-state index contributed by atoms with van der Waals surface area (Å²) in [6, 6.07) is 10.1. The molecule has 8 nitrogen and oxygen atoms in total. The van der Waals surface area contributed by atoms with Crippen LogP contribution >= 0.6 is 0 Å². The zero-order chi connectivity index (χ0) is 18.2. The maximum atomic E-state index is 12.3. The molecule has 0 spiro atoms. The van der Waals surface area contributed by atoms with Gasteiger partial charge in [0, 0.05) is 5.56 Å². The van der Waals surface area contributed by atoms with Crippen LogP contribution in [0.3, 0.4) is 0 Å². The van der Waals surface area contributed by atoms with E-state index in [2.05, 4.69) is 10.7 Å². The normalized spacial score (nSPS) is 13.3. The highest BCUT2D eigenvalue weighted by Gasteiger charge is 2.28. The summed E-state index contributed by atoms with van der Waals surface area (Å²) in [6.07, 6.45) is 0. The number of carbonyl (C=O) groups excluding carboxylic acids is 3. The van der Waals surface area contributed by atoms with Gasteiger partial charge >= 0.3 is 0 Å². The van der Waals surface area contributed by atoms with E-state index in [1.165, 1.54) is 12.1 Å². The standard InChI is InChI=1S/C16H13N3O5S/c1-9-2-4-10(5-3-9)14(20)18-19-25(23,24)11-6-7-12-13(8-11)16(22)17-15(12)21/h2-8,19H,1H3,(H,18,20)(H,17,21,22). The molecular formula is C16H13N3O5S. The summed E-state index contributed by atoms with van der Waals surface area (Å²) in [7, 11) is -4.11. The van der Waals surface area contributed by atoms with E-state index in [0.29, 0.717) is 0 Å². The zero-order valence-electron chi connectivity index (χ0n) is 13.0. The second-order valence-corrected chi connectivity index (χ2v) is 7.10. The van der Waals surface area contributed by atoms with Crippen molar-refractivity contribution in [1.29, 1.82) is 0 Å². The van der Waals surface area contributed by atoms with Gasteiger partial charge in [-0.2, -0.15) is 0 Å². The molecule has 0 unspecified atom stereocenters. The molecule has 0 fully saturated rings. The number of hydrazine groups is 1. The topological polar surface area (TPSA) is 121 Å². The number of benzene rings is 2. The lowest BCUT2D eigenvalue weighted by Gasteiger charge is -2.09. The average Bonchev–Trinajstić information content (AvgIpc) is 2.87. The van der Waals surface area contributed by atoms with Crippen LogP contribution in [0.2, 0.25) is 0 Å². The van der Waals surface area contributed by atoms with Crippen LogP contribution < -0.4 is 15.6 Å². The molecule has 0 aliphatic carbocycles. The Balaban J connectivity index is 1.77. The molecule has 2 aromatic carbocycles. The number of aryl methyl sites for hydroxylation is 1. The first-order valence-electron chi connectivity index (χ1n) is 7.16.